The Labute approximate surface area is 262 Å². The zero-order valence-electron chi connectivity index (χ0n) is 27.6. The molecule has 4 unspecified atom stereocenters. The van der Waals surface area contributed by atoms with E-state index in [0.29, 0.717) is 19.3 Å². The molecule has 244 valence electrons. The SMILES string of the molecule is C/C=C\CC(C/C=C\NC(=O)C(NC(=O)\C=C/C=C\C(C)=C\C(C)C1CC=C(OC)C(=O)O1)C(C)(C)C)OC(=O)NC(C)C. The van der Waals surface area contributed by atoms with Crippen LogP contribution in [0.4, 0.5) is 4.79 Å². The molecule has 44 heavy (non-hydrogen) atoms. The van der Waals surface area contributed by atoms with Crippen molar-refractivity contribution >= 4 is 23.9 Å². The number of ether oxygens (including phenoxy) is 3. The van der Waals surface area contributed by atoms with Gasteiger partial charge in [-0.05, 0) is 45.4 Å². The van der Waals surface area contributed by atoms with Crippen molar-refractivity contribution in [3.8, 4) is 0 Å². The lowest BCUT2D eigenvalue weighted by molar-refractivity contribution is -0.151. The topological polar surface area (TPSA) is 132 Å². The lowest BCUT2D eigenvalue weighted by atomic mass is 9.86. The molecule has 1 heterocycles. The van der Waals surface area contributed by atoms with Crippen LogP contribution in [0.1, 0.15) is 74.7 Å². The van der Waals surface area contributed by atoms with Gasteiger partial charge in [0.2, 0.25) is 11.8 Å². The Morgan fingerprint density at radius 1 is 1.07 bits per heavy atom. The predicted octanol–water partition coefficient (Wildman–Crippen LogP) is 5.55. The summed E-state index contributed by atoms with van der Waals surface area (Å²) >= 11 is 0. The minimum atomic E-state index is -0.798. The fourth-order valence-electron chi connectivity index (χ4n) is 4.18. The number of rotatable bonds is 15. The van der Waals surface area contributed by atoms with Crippen molar-refractivity contribution in [2.45, 2.75) is 98.9 Å². The number of amides is 3. The molecule has 3 amide bonds. The van der Waals surface area contributed by atoms with E-state index in [-0.39, 0.29) is 35.8 Å². The summed E-state index contributed by atoms with van der Waals surface area (Å²) in [5.74, 6) is -1.02. The molecule has 0 aromatic heterocycles. The second kappa shape index (κ2) is 19.2. The highest BCUT2D eigenvalue weighted by Gasteiger charge is 2.32. The van der Waals surface area contributed by atoms with Crippen LogP contribution in [0.15, 0.2) is 72.2 Å². The molecule has 10 nitrogen and oxygen atoms in total. The zero-order valence-corrected chi connectivity index (χ0v) is 27.6. The van der Waals surface area contributed by atoms with Gasteiger partial charge < -0.3 is 30.2 Å². The summed E-state index contributed by atoms with van der Waals surface area (Å²) in [6.07, 6.45) is 17.7. The van der Waals surface area contributed by atoms with E-state index in [1.165, 1.54) is 19.4 Å². The number of hydrogen-bond donors (Lipinski definition) is 3. The van der Waals surface area contributed by atoms with E-state index in [1.54, 1.807) is 24.3 Å². The van der Waals surface area contributed by atoms with Gasteiger partial charge in [-0.3, -0.25) is 9.59 Å². The van der Waals surface area contributed by atoms with Crippen LogP contribution in [-0.4, -0.2) is 55.3 Å². The Morgan fingerprint density at radius 2 is 1.73 bits per heavy atom. The van der Waals surface area contributed by atoms with Crippen molar-refractivity contribution in [1.29, 1.82) is 0 Å². The number of hydrogen-bond acceptors (Lipinski definition) is 7. The zero-order chi connectivity index (χ0) is 33.3. The van der Waals surface area contributed by atoms with E-state index in [9.17, 15) is 19.2 Å². The summed E-state index contributed by atoms with van der Waals surface area (Å²) in [5.41, 5.74) is 0.388. The van der Waals surface area contributed by atoms with E-state index >= 15 is 0 Å². The fourth-order valence-corrected chi connectivity index (χ4v) is 4.18. The molecule has 0 aromatic carbocycles. The van der Waals surface area contributed by atoms with E-state index in [4.69, 9.17) is 14.2 Å². The Bertz CT molecular complexity index is 1160. The van der Waals surface area contributed by atoms with Gasteiger partial charge in [0, 0.05) is 37.3 Å². The average molecular weight is 614 g/mol. The van der Waals surface area contributed by atoms with Crippen LogP contribution in [-0.2, 0) is 28.6 Å². The summed E-state index contributed by atoms with van der Waals surface area (Å²) in [6.45, 7) is 15.1. The monoisotopic (exact) mass is 613 g/mol. The van der Waals surface area contributed by atoms with Gasteiger partial charge in [0.05, 0.1) is 7.11 Å². The largest absolute Gasteiger partial charge is 0.490 e. The number of alkyl carbamates (subject to hydrolysis) is 1. The Hall–Kier alpha value is -4.08. The second-order valence-corrected chi connectivity index (χ2v) is 12.0. The maximum Gasteiger partial charge on any atom is 0.407 e. The molecule has 0 saturated heterocycles. The molecular formula is C34H51N3O7. The maximum atomic E-state index is 13.0. The smallest absolute Gasteiger partial charge is 0.407 e. The quantitative estimate of drug-likeness (QED) is 0.0955. The van der Waals surface area contributed by atoms with Crippen molar-refractivity contribution in [1.82, 2.24) is 16.0 Å². The molecule has 0 radical (unpaired) electrons. The molecule has 1 aliphatic heterocycles. The van der Waals surface area contributed by atoms with Crippen molar-refractivity contribution in [3.63, 3.8) is 0 Å². The van der Waals surface area contributed by atoms with Gasteiger partial charge >= 0.3 is 12.1 Å². The third kappa shape index (κ3) is 14.9. The average Bonchev–Trinajstić information content (AvgIpc) is 2.93. The summed E-state index contributed by atoms with van der Waals surface area (Å²) in [5, 5.41) is 8.22. The van der Waals surface area contributed by atoms with Crippen LogP contribution in [0.25, 0.3) is 0 Å². The molecule has 10 heteroatoms. The minimum Gasteiger partial charge on any atom is -0.490 e. The first kappa shape index (κ1) is 37.9. The van der Waals surface area contributed by atoms with Crippen LogP contribution in [0, 0.1) is 11.3 Å². The van der Waals surface area contributed by atoms with Crippen LogP contribution < -0.4 is 16.0 Å². The highest BCUT2D eigenvalue weighted by atomic mass is 16.6. The molecular weight excluding hydrogens is 562 g/mol. The number of cyclic esters (lactones) is 1. The molecule has 0 spiro atoms. The first-order chi connectivity index (χ1) is 20.7. The van der Waals surface area contributed by atoms with Gasteiger partial charge in [0.1, 0.15) is 18.2 Å². The molecule has 0 aliphatic carbocycles. The summed E-state index contributed by atoms with van der Waals surface area (Å²) < 4.78 is 15.9. The van der Waals surface area contributed by atoms with E-state index in [2.05, 4.69) is 16.0 Å². The highest BCUT2D eigenvalue weighted by Crippen LogP contribution is 2.23. The van der Waals surface area contributed by atoms with Gasteiger partial charge in [0.25, 0.3) is 0 Å². The number of carbonyl (C=O) groups excluding carboxylic acids is 4. The highest BCUT2D eigenvalue weighted by molar-refractivity contribution is 5.93. The van der Waals surface area contributed by atoms with Crippen LogP contribution in [0.3, 0.4) is 0 Å². The third-order valence-corrected chi connectivity index (χ3v) is 6.52. The van der Waals surface area contributed by atoms with Crippen LogP contribution in [0.5, 0.6) is 0 Å². The Kier molecular flexibility index (Phi) is 16.6. The summed E-state index contributed by atoms with van der Waals surface area (Å²) in [6, 6.07) is -0.835. The molecule has 1 aliphatic rings. The first-order valence-corrected chi connectivity index (χ1v) is 15.0. The normalized spacial score (nSPS) is 18.3. The lowest BCUT2D eigenvalue weighted by Gasteiger charge is -2.29. The standard InChI is InChI=1S/C34H51N3O7/c1-10-11-16-26(43-33(41)36-23(2)3)17-14-21-35-31(39)30(34(6,7)8)37-29(38)18-13-12-15-24(4)22-25(5)27-19-20-28(42-9)32(40)44-27/h10-15,18,20-23,25-27,30H,16-17,19H2,1-9H3,(H,35,39)(H,36,41)(H,37,38)/b11-10-,15-12-,18-13-,21-14-,24-22+. The van der Waals surface area contributed by atoms with Gasteiger partial charge in [-0.25, -0.2) is 9.59 Å². The Balaban J connectivity index is 2.71. The molecule has 1 rings (SSSR count). The van der Waals surface area contributed by atoms with Gasteiger partial charge in [0.15, 0.2) is 5.76 Å². The first-order valence-electron chi connectivity index (χ1n) is 15.0. The molecule has 3 N–H and O–H groups in total. The number of nitrogens with one attached hydrogen (secondary N) is 3. The number of esters is 1. The second-order valence-electron chi connectivity index (χ2n) is 12.0. The van der Waals surface area contributed by atoms with Crippen LogP contribution >= 0.6 is 0 Å². The van der Waals surface area contributed by atoms with Gasteiger partial charge in [-0.15, -0.1) is 0 Å². The maximum absolute atomic E-state index is 13.0. The number of allylic oxidation sites excluding steroid dienone is 5. The van der Waals surface area contributed by atoms with E-state index in [0.717, 1.165) is 5.57 Å². The Morgan fingerprint density at radius 3 is 2.32 bits per heavy atom. The van der Waals surface area contributed by atoms with Gasteiger partial charge in [-0.2, -0.15) is 0 Å². The lowest BCUT2D eigenvalue weighted by Crippen LogP contribution is -2.52. The molecule has 0 bridgehead atoms. The fraction of sp³-hybridized carbons (Fsp3) is 0.529. The van der Waals surface area contributed by atoms with Crippen molar-refractivity contribution in [2.75, 3.05) is 7.11 Å². The molecule has 4 atom stereocenters. The van der Waals surface area contributed by atoms with Gasteiger partial charge in [-0.1, -0.05) is 75.8 Å². The van der Waals surface area contributed by atoms with E-state index in [1.807, 2.05) is 79.7 Å². The third-order valence-electron chi connectivity index (χ3n) is 6.52. The van der Waals surface area contributed by atoms with Crippen LogP contribution in [0.2, 0.25) is 0 Å². The van der Waals surface area contributed by atoms with Crippen molar-refractivity contribution in [2.24, 2.45) is 11.3 Å². The van der Waals surface area contributed by atoms with Crippen molar-refractivity contribution in [3.05, 3.63) is 72.2 Å². The number of carbonyl (C=O) groups is 4. The summed E-state index contributed by atoms with van der Waals surface area (Å²) in [7, 11) is 1.44. The number of methoxy groups -OCH3 is 1. The predicted molar refractivity (Wildman–Crippen MR) is 172 cm³/mol. The summed E-state index contributed by atoms with van der Waals surface area (Å²) in [4.78, 5) is 49.5. The minimum absolute atomic E-state index is 0.0124. The molecule has 0 fully saturated rings. The molecule has 0 aromatic rings. The van der Waals surface area contributed by atoms with Crippen molar-refractivity contribution < 1.29 is 33.4 Å². The molecule has 0 saturated carbocycles. The van der Waals surface area contributed by atoms with E-state index < -0.39 is 29.4 Å².